The lowest BCUT2D eigenvalue weighted by Crippen LogP contribution is -2.41. The van der Waals surface area contributed by atoms with E-state index in [1.54, 1.807) is 20.3 Å². The summed E-state index contributed by atoms with van der Waals surface area (Å²) in [7, 11) is 3.18. The molecule has 142 valence electrons. The molecule has 2 aliphatic heterocycles. The number of fused-ring (bicyclic) bond motifs is 2. The van der Waals surface area contributed by atoms with E-state index in [1.165, 1.54) is 0 Å². The van der Waals surface area contributed by atoms with Gasteiger partial charge in [-0.05, 0) is 48.6 Å². The van der Waals surface area contributed by atoms with Crippen molar-refractivity contribution in [1.29, 1.82) is 0 Å². The molecule has 0 aliphatic carbocycles. The van der Waals surface area contributed by atoms with Gasteiger partial charge in [-0.1, -0.05) is 6.07 Å². The number of carbonyl (C=O) groups excluding carboxylic acids is 1. The van der Waals surface area contributed by atoms with Gasteiger partial charge in [-0.15, -0.1) is 0 Å². The Morgan fingerprint density at radius 1 is 1.07 bits per heavy atom. The Balaban J connectivity index is 1.53. The van der Waals surface area contributed by atoms with E-state index in [0.717, 1.165) is 41.2 Å². The lowest BCUT2D eigenvalue weighted by Gasteiger charge is -2.24. The van der Waals surface area contributed by atoms with Crippen LogP contribution in [0.25, 0.3) is 0 Å². The van der Waals surface area contributed by atoms with Gasteiger partial charge >= 0.3 is 6.03 Å². The number of aryl methyl sites for hydroxylation is 1. The summed E-state index contributed by atoms with van der Waals surface area (Å²) >= 11 is 0. The van der Waals surface area contributed by atoms with Gasteiger partial charge in [0, 0.05) is 17.8 Å². The molecule has 0 fully saturated rings. The maximum Gasteiger partial charge on any atom is 0.319 e. The normalized spacial score (nSPS) is 17.9. The molecule has 0 spiro atoms. The molecule has 2 heterocycles. The van der Waals surface area contributed by atoms with Crippen LogP contribution >= 0.6 is 0 Å². The van der Waals surface area contributed by atoms with Crippen LogP contribution in [0.5, 0.6) is 23.0 Å². The van der Waals surface area contributed by atoms with Gasteiger partial charge in [-0.2, -0.15) is 0 Å². The molecule has 27 heavy (non-hydrogen) atoms. The van der Waals surface area contributed by atoms with E-state index in [4.69, 9.17) is 18.9 Å². The SMILES string of the molecule is COc1cc2c(cc1OC)NC(=O)N[C@@H](Cc1ccc3c(c1)OCO3)CC2. The second-order valence-electron chi connectivity index (χ2n) is 6.59. The van der Waals surface area contributed by atoms with Crippen LogP contribution in [-0.4, -0.2) is 33.1 Å². The Bertz CT molecular complexity index is 868. The van der Waals surface area contributed by atoms with Crippen LogP contribution in [0.1, 0.15) is 17.5 Å². The molecule has 7 nitrogen and oxygen atoms in total. The van der Waals surface area contributed by atoms with Crippen molar-refractivity contribution < 1.29 is 23.7 Å². The molecule has 2 aromatic rings. The second-order valence-corrected chi connectivity index (χ2v) is 6.59. The third kappa shape index (κ3) is 3.58. The van der Waals surface area contributed by atoms with Crippen LogP contribution in [0.4, 0.5) is 10.5 Å². The molecular weight excluding hydrogens is 348 g/mol. The monoisotopic (exact) mass is 370 g/mol. The number of nitrogens with one attached hydrogen (secondary N) is 2. The molecule has 4 rings (SSSR count). The zero-order chi connectivity index (χ0) is 18.8. The minimum Gasteiger partial charge on any atom is -0.493 e. The Kier molecular flexibility index (Phi) is 4.66. The number of benzene rings is 2. The van der Waals surface area contributed by atoms with E-state index in [0.29, 0.717) is 17.9 Å². The van der Waals surface area contributed by atoms with E-state index in [9.17, 15) is 4.79 Å². The summed E-state index contributed by atoms with van der Waals surface area (Å²) in [6.07, 6.45) is 2.33. The first-order chi connectivity index (χ1) is 13.2. The predicted octanol–water partition coefficient (Wildman–Crippen LogP) is 3.11. The largest absolute Gasteiger partial charge is 0.493 e. The summed E-state index contributed by atoms with van der Waals surface area (Å²) in [5, 5.41) is 5.96. The van der Waals surface area contributed by atoms with Crippen molar-refractivity contribution in [3.05, 3.63) is 41.5 Å². The zero-order valence-corrected chi connectivity index (χ0v) is 15.3. The molecule has 2 aromatic carbocycles. The number of carbonyl (C=O) groups is 1. The van der Waals surface area contributed by atoms with Crippen molar-refractivity contribution in [3.63, 3.8) is 0 Å². The molecule has 0 saturated heterocycles. The first-order valence-corrected chi connectivity index (χ1v) is 8.87. The fourth-order valence-corrected chi connectivity index (χ4v) is 3.50. The van der Waals surface area contributed by atoms with Gasteiger partial charge in [0.15, 0.2) is 23.0 Å². The topological polar surface area (TPSA) is 78.1 Å². The third-order valence-electron chi connectivity index (χ3n) is 4.87. The van der Waals surface area contributed by atoms with Crippen molar-refractivity contribution in [1.82, 2.24) is 5.32 Å². The van der Waals surface area contributed by atoms with Gasteiger partial charge in [0.2, 0.25) is 6.79 Å². The third-order valence-corrected chi connectivity index (χ3v) is 4.87. The van der Waals surface area contributed by atoms with Gasteiger partial charge in [0.1, 0.15) is 0 Å². The zero-order valence-electron chi connectivity index (χ0n) is 15.3. The van der Waals surface area contributed by atoms with Crippen molar-refractivity contribution in [2.24, 2.45) is 0 Å². The van der Waals surface area contributed by atoms with Gasteiger partial charge in [-0.3, -0.25) is 0 Å². The second kappa shape index (κ2) is 7.26. The van der Waals surface area contributed by atoms with Crippen molar-refractivity contribution >= 4 is 11.7 Å². The average molecular weight is 370 g/mol. The van der Waals surface area contributed by atoms with Crippen LogP contribution in [-0.2, 0) is 12.8 Å². The number of hydrogen-bond donors (Lipinski definition) is 2. The first kappa shape index (κ1) is 17.3. The number of methoxy groups -OCH3 is 2. The molecule has 2 aliphatic rings. The number of ether oxygens (including phenoxy) is 4. The molecule has 1 atom stereocenters. The summed E-state index contributed by atoms with van der Waals surface area (Å²) in [5.74, 6) is 2.77. The minimum atomic E-state index is -0.228. The Morgan fingerprint density at radius 3 is 2.67 bits per heavy atom. The number of rotatable bonds is 4. The molecule has 2 amide bonds. The Labute approximate surface area is 157 Å². The molecule has 0 saturated carbocycles. The maximum absolute atomic E-state index is 12.4. The first-order valence-electron chi connectivity index (χ1n) is 8.87. The lowest BCUT2D eigenvalue weighted by atomic mass is 9.97. The summed E-state index contributed by atoms with van der Waals surface area (Å²) in [5.41, 5.74) is 2.86. The number of urea groups is 1. The standard InChI is InChI=1S/C20H22N2O5/c1-24-17-9-13-4-5-14(21-20(23)22-15(13)10-18(17)25-2)7-12-3-6-16-19(8-12)27-11-26-16/h3,6,8-10,14H,4-5,7,11H2,1-2H3,(H2,21,22,23)/t14-/m1/s1. The summed E-state index contributed by atoms with van der Waals surface area (Å²) in [6, 6.07) is 9.40. The van der Waals surface area contributed by atoms with Crippen LogP contribution in [0.15, 0.2) is 30.3 Å². The fourth-order valence-electron chi connectivity index (χ4n) is 3.50. The number of amides is 2. The highest BCUT2D eigenvalue weighted by atomic mass is 16.7. The predicted molar refractivity (Wildman–Crippen MR) is 100 cm³/mol. The van der Waals surface area contributed by atoms with Crippen LogP contribution in [0, 0.1) is 0 Å². The molecule has 0 aromatic heterocycles. The fraction of sp³-hybridized carbons (Fsp3) is 0.350. The smallest absolute Gasteiger partial charge is 0.319 e. The summed E-state index contributed by atoms with van der Waals surface area (Å²) < 4.78 is 21.5. The highest BCUT2D eigenvalue weighted by molar-refractivity contribution is 5.91. The van der Waals surface area contributed by atoms with Gasteiger partial charge in [0.05, 0.1) is 14.2 Å². The van der Waals surface area contributed by atoms with E-state index >= 15 is 0 Å². The highest BCUT2D eigenvalue weighted by Gasteiger charge is 2.22. The van der Waals surface area contributed by atoms with E-state index < -0.39 is 0 Å². The number of anilines is 1. The summed E-state index contributed by atoms with van der Waals surface area (Å²) in [6.45, 7) is 0.255. The Hall–Kier alpha value is -3.09. The lowest BCUT2D eigenvalue weighted by molar-refractivity contribution is 0.174. The van der Waals surface area contributed by atoms with Crippen molar-refractivity contribution in [3.8, 4) is 23.0 Å². The minimum absolute atomic E-state index is 0.00613. The highest BCUT2D eigenvalue weighted by Crippen LogP contribution is 2.35. The van der Waals surface area contributed by atoms with Gasteiger partial charge in [-0.25, -0.2) is 4.79 Å². The molecule has 0 bridgehead atoms. The molecular formula is C20H22N2O5. The van der Waals surface area contributed by atoms with Crippen LogP contribution in [0.3, 0.4) is 0 Å². The van der Waals surface area contributed by atoms with E-state index in [2.05, 4.69) is 10.6 Å². The summed E-state index contributed by atoms with van der Waals surface area (Å²) in [4.78, 5) is 12.4. The number of hydrogen-bond acceptors (Lipinski definition) is 5. The molecule has 2 N–H and O–H groups in total. The van der Waals surface area contributed by atoms with Gasteiger partial charge < -0.3 is 29.6 Å². The molecule has 0 unspecified atom stereocenters. The van der Waals surface area contributed by atoms with Crippen molar-refractivity contribution in [2.45, 2.75) is 25.3 Å². The van der Waals surface area contributed by atoms with E-state index in [1.807, 2.05) is 24.3 Å². The Morgan fingerprint density at radius 2 is 1.85 bits per heavy atom. The van der Waals surface area contributed by atoms with Gasteiger partial charge in [0.25, 0.3) is 0 Å². The molecule has 0 radical (unpaired) electrons. The van der Waals surface area contributed by atoms with E-state index in [-0.39, 0.29) is 18.9 Å². The molecule has 7 heteroatoms. The van der Waals surface area contributed by atoms with Crippen LogP contribution < -0.4 is 29.6 Å². The average Bonchev–Trinajstić information content (AvgIpc) is 3.12. The maximum atomic E-state index is 12.4. The quantitative estimate of drug-likeness (QED) is 0.865. The van der Waals surface area contributed by atoms with Crippen LogP contribution in [0.2, 0.25) is 0 Å². The van der Waals surface area contributed by atoms with Crippen molar-refractivity contribution in [2.75, 3.05) is 26.3 Å².